The Labute approximate surface area is 279 Å². The Hall–Kier alpha value is -4.88. The number of fused-ring (bicyclic) bond motifs is 10. The molecule has 1 aromatic heterocycles. The summed E-state index contributed by atoms with van der Waals surface area (Å²) in [6.07, 6.45) is 0. The molecule has 0 atom stereocenters. The molecule has 4 aromatic rings. The van der Waals surface area contributed by atoms with E-state index in [0.29, 0.717) is 0 Å². The molecule has 3 aromatic carbocycles. The Bertz CT molecular complexity index is 2330. The fourth-order valence-electron chi connectivity index (χ4n) is 9.01. The maximum absolute atomic E-state index is 4.16. The van der Waals surface area contributed by atoms with Crippen LogP contribution in [0.4, 0.5) is 0 Å². The van der Waals surface area contributed by atoms with Crippen molar-refractivity contribution in [3.05, 3.63) is 128 Å². The predicted octanol–water partition coefficient (Wildman–Crippen LogP) is 13.1. The van der Waals surface area contributed by atoms with Crippen molar-refractivity contribution in [1.29, 1.82) is 0 Å². The number of aryl methyl sites for hydroxylation is 10. The van der Waals surface area contributed by atoms with Crippen LogP contribution >= 0.6 is 0 Å². The highest BCUT2D eigenvalue weighted by atomic mass is 14.7. The zero-order valence-corrected chi connectivity index (χ0v) is 29.4. The standard InChI is InChI=1S/C46H43N/c1-23-11-13-33-35(27(5)15-23)21-37-41(33)42-34-14-12-24(2)16-28(6)36(34)22-38(42)44-43(37)45(39-29(7)17-25(3)18-30(39)8)47-46(44)40-31(9)19-26(4)20-32(40)10/h11-22,47H,1-10H3. The maximum atomic E-state index is 4.16. The van der Waals surface area contributed by atoms with Gasteiger partial charge in [-0.25, -0.2) is 0 Å². The number of aromatic nitrogens is 1. The molecule has 4 aliphatic carbocycles. The SMILES string of the molecule is Cc1ccc2c3c(cc-2c(C)c1)c1c(-c2c(C)cc(C)cc2C)[nH]c(-c2c(C)cc(C)cc2C)c1c1cc2c(C)cc(C)ccc-2c13. The summed E-state index contributed by atoms with van der Waals surface area (Å²) >= 11 is 0. The quantitative estimate of drug-likeness (QED) is 0.201. The molecule has 8 rings (SSSR count). The van der Waals surface area contributed by atoms with Gasteiger partial charge >= 0.3 is 0 Å². The van der Waals surface area contributed by atoms with E-state index in [1.807, 2.05) is 0 Å². The topological polar surface area (TPSA) is 15.8 Å². The molecule has 1 nitrogen and oxygen atoms in total. The van der Waals surface area contributed by atoms with E-state index in [1.54, 1.807) is 0 Å². The minimum Gasteiger partial charge on any atom is -0.353 e. The van der Waals surface area contributed by atoms with Gasteiger partial charge in [-0.05, 0) is 159 Å². The molecule has 0 bridgehead atoms. The first-order valence-corrected chi connectivity index (χ1v) is 16.9. The highest BCUT2D eigenvalue weighted by Gasteiger charge is 2.29. The third-order valence-electron chi connectivity index (χ3n) is 10.6. The van der Waals surface area contributed by atoms with Crippen LogP contribution in [0.25, 0.3) is 77.1 Å². The van der Waals surface area contributed by atoms with Crippen LogP contribution in [0, 0.1) is 69.2 Å². The Morgan fingerprint density at radius 3 is 1.02 bits per heavy atom. The average molecular weight is 610 g/mol. The molecular formula is C46H43N. The van der Waals surface area contributed by atoms with Crippen LogP contribution in [0.15, 0.2) is 72.8 Å². The summed E-state index contributed by atoms with van der Waals surface area (Å²) in [5.41, 5.74) is 23.5. The summed E-state index contributed by atoms with van der Waals surface area (Å²) in [6, 6.07) is 28.3. The number of H-pyrrole nitrogens is 1. The molecule has 1 heterocycles. The van der Waals surface area contributed by atoms with Crippen molar-refractivity contribution in [2.24, 2.45) is 0 Å². The zero-order valence-electron chi connectivity index (χ0n) is 29.4. The number of hydrogen-bond acceptors (Lipinski definition) is 0. The van der Waals surface area contributed by atoms with E-state index < -0.39 is 0 Å². The molecule has 47 heavy (non-hydrogen) atoms. The van der Waals surface area contributed by atoms with E-state index >= 15 is 0 Å². The van der Waals surface area contributed by atoms with E-state index in [0.717, 1.165) is 0 Å². The molecule has 4 aliphatic rings. The molecule has 1 N–H and O–H groups in total. The Kier molecular flexibility index (Phi) is 6.48. The van der Waals surface area contributed by atoms with Gasteiger partial charge in [-0.3, -0.25) is 0 Å². The van der Waals surface area contributed by atoms with Crippen molar-refractivity contribution < 1.29 is 0 Å². The first-order valence-electron chi connectivity index (χ1n) is 16.9. The number of hydrogen-bond donors (Lipinski definition) is 1. The minimum atomic E-state index is 1.23. The van der Waals surface area contributed by atoms with Gasteiger partial charge in [-0.1, -0.05) is 82.9 Å². The van der Waals surface area contributed by atoms with Gasteiger partial charge in [-0.15, -0.1) is 0 Å². The van der Waals surface area contributed by atoms with E-state index in [1.165, 1.54) is 133 Å². The van der Waals surface area contributed by atoms with Crippen LogP contribution in [-0.4, -0.2) is 4.98 Å². The third kappa shape index (κ3) is 4.29. The first kappa shape index (κ1) is 29.5. The molecule has 0 saturated heterocycles. The lowest BCUT2D eigenvalue weighted by atomic mass is 9.90. The highest BCUT2D eigenvalue weighted by molar-refractivity contribution is 6.38. The van der Waals surface area contributed by atoms with Gasteiger partial charge < -0.3 is 4.98 Å². The minimum absolute atomic E-state index is 1.23. The van der Waals surface area contributed by atoms with Crippen LogP contribution < -0.4 is 0 Å². The van der Waals surface area contributed by atoms with Crippen molar-refractivity contribution in [2.75, 3.05) is 0 Å². The summed E-state index contributed by atoms with van der Waals surface area (Å²) in [7, 11) is 0. The zero-order chi connectivity index (χ0) is 33.0. The summed E-state index contributed by atoms with van der Waals surface area (Å²) in [5.74, 6) is 0. The lowest BCUT2D eigenvalue weighted by Crippen LogP contribution is -1.93. The van der Waals surface area contributed by atoms with E-state index in [4.69, 9.17) is 0 Å². The van der Waals surface area contributed by atoms with Gasteiger partial charge in [0.05, 0.1) is 11.4 Å². The van der Waals surface area contributed by atoms with Gasteiger partial charge in [-0.2, -0.15) is 0 Å². The van der Waals surface area contributed by atoms with Gasteiger partial charge in [0.1, 0.15) is 0 Å². The van der Waals surface area contributed by atoms with Gasteiger partial charge in [0.25, 0.3) is 0 Å². The van der Waals surface area contributed by atoms with E-state index in [-0.39, 0.29) is 0 Å². The summed E-state index contributed by atoms with van der Waals surface area (Å²) < 4.78 is 0. The van der Waals surface area contributed by atoms with Crippen molar-refractivity contribution in [3.63, 3.8) is 0 Å². The second kappa shape index (κ2) is 10.3. The molecule has 0 unspecified atom stereocenters. The fourth-order valence-corrected chi connectivity index (χ4v) is 9.01. The van der Waals surface area contributed by atoms with Crippen LogP contribution in [0.3, 0.4) is 0 Å². The summed E-state index contributed by atoms with van der Waals surface area (Å²) in [4.78, 5) is 4.16. The number of benzene rings is 3. The molecule has 1 heteroatoms. The van der Waals surface area contributed by atoms with Crippen LogP contribution in [-0.2, 0) is 0 Å². The van der Waals surface area contributed by atoms with Crippen molar-refractivity contribution in [2.45, 2.75) is 69.2 Å². The third-order valence-corrected chi connectivity index (χ3v) is 10.6. The number of rotatable bonds is 2. The normalized spacial score (nSPS) is 12.0. The Balaban J connectivity index is 1.73. The highest BCUT2D eigenvalue weighted by Crippen LogP contribution is 2.54. The smallest absolute Gasteiger partial charge is 0.0550 e. The fraction of sp³-hybridized carbons (Fsp3) is 0.217. The first-order chi connectivity index (χ1) is 22.4. The molecule has 0 aliphatic heterocycles. The van der Waals surface area contributed by atoms with Crippen LogP contribution in [0.1, 0.15) is 55.6 Å². The van der Waals surface area contributed by atoms with Crippen LogP contribution in [0.2, 0.25) is 0 Å². The van der Waals surface area contributed by atoms with Gasteiger partial charge in [0.2, 0.25) is 0 Å². The molecule has 0 fully saturated rings. The number of aromatic amines is 1. The van der Waals surface area contributed by atoms with E-state index in [2.05, 4.69) is 147 Å². The van der Waals surface area contributed by atoms with Gasteiger partial charge in [0.15, 0.2) is 0 Å². The Morgan fingerprint density at radius 1 is 0.319 bits per heavy atom. The molecule has 0 radical (unpaired) electrons. The van der Waals surface area contributed by atoms with Crippen molar-refractivity contribution in [1.82, 2.24) is 4.98 Å². The monoisotopic (exact) mass is 609 g/mol. The lowest BCUT2D eigenvalue weighted by molar-refractivity contribution is 1.27. The molecular weight excluding hydrogens is 567 g/mol. The predicted molar refractivity (Wildman–Crippen MR) is 205 cm³/mol. The molecule has 232 valence electrons. The lowest BCUT2D eigenvalue weighted by Gasteiger charge is -2.12. The van der Waals surface area contributed by atoms with Crippen LogP contribution in [0.5, 0.6) is 0 Å². The second-order valence-electron chi connectivity index (χ2n) is 14.5. The average Bonchev–Trinajstić information content (AvgIpc) is 3.60. The summed E-state index contributed by atoms with van der Waals surface area (Å²) in [5, 5.41) is 8.07. The second-order valence-corrected chi connectivity index (χ2v) is 14.5. The molecule has 0 spiro atoms. The largest absolute Gasteiger partial charge is 0.353 e. The summed E-state index contributed by atoms with van der Waals surface area (Å²) in [6.45, 7) is 22.5. The van der Waals surface area contributed by atoms with Crippen molar-refractivity contribution >= 4 is 32.3 Å². The van der Waals surface area contributed by atoms with Gasteiger partial charge in [0, 0.05) is 21.9 Å². The number of nitrogens with one attached hydrogen (secondary N) is 1. The molecule has 0 saturated carbocycles. The Morgan fingerprint density at radius 2 is 0.660 bits per heavy atom. The van der Waals surface area contributed by atoms with E-state index in [9.17, 15) is 0 Å². The van der Waals surface area contributed by atoms with Crippen molar-refractivity contribution in [3.8, 4) is 44.8 Å². The molecule has 0 amide bonds. The maximum Gasteiger partial charge on any atom is 0.0550 e.